The SMILES string of the molecule is CCCc1nc(Cl)cc(NCCNS(C)(=O)=O)n1. The summed E-state index contributed by atoms with van der Waals surface area (Å²) < 4.78 is 24.1. The Morgan fingerprint density at radius 3 is 2.67 bits per heavy atom. The van der Waals surface area contributed by atoms with Crippen LogP contribution in [0.4, 0.5) is 5.82 Å². The number of hydrogen-bond acceptors (Lipinski definition) is 5. The molecule has 8 heteroatoms. The minimum Gasteiger partial charge on any atom is -0.369 e. The highest BCUT2D eigenvalue weighted by Gasteiger charge is 2.03. The van der Waals surface area contributed by atoms with Crippen LogP contribution in [0.1, 0.15) is 19.2 Å². The van der Waals surface area contributed by atoms with Gasteiger partial charge in [0.2, 0.25) is 10.0 Å². The van der Waals surface area contributed by atoms with E-state index in [4.69, 9.17) is 11.6 Å². The molecule has 0 aliphatic rings. The topological polar surface area (TPSA) is 84.0 Å². The largest absolute Gasteiger partial charge is 0.369 e. The highest BCUT2D eigenvalue weighted by atomic mass is 35.5. The first-order valence-corrected chi connectivity index (χ1v) is 7.89. The molecule has 6 nitrogen and oxygen atoms in total. The van der Waals surface area contributed by atoms with Gasteiger partial charge in [0.1, 0.15) is 16.8 Å². The average Bonchev–Trinajstić information content (AvgIpc) is 2.23. The lowest BCUT2D eigenvalue weighted by Crippen LogP contribution is -2.27. The molecule has 1 aromatic heterocycles. The average molecular weight is 293 g/mol. The smallest absolute Gasteiger partial charge is 0.208 e. The maximum absolute atomic E-state index is 10.9. The van der Waals surface area contributed by atoms with Gasteiger partial charge in [0, 0.05) is 25.6 Å². The van der Waals surface area contributed by atoms with Crippen LogP contribution in [0.15, 0.2) is 6.07 Å². The molecule has 0 atom stereocenters. The van der Waals surface area contributed by atoms with Gasteiger partial charge in [0.25, 0.3) is 0 Å². The van der Waals surface area contributed by atoms with Crippen LogP contribution in [-0.2, 0) is 16.4 Å². The fourth-order valence-corrected chi connectivity index (χ4v) is 1.99. The summed E-state index contributed by atoms with van der Waals surface area (Å²) >= 11 is 5.87. The highest BCUT2D eigenvalue weighted by Crippen LogP contribution is 2.12. The van der Waals surface area contributed by atoms with Crippen LogP contribution in [0, 0.1) is 0 Å². The number of aryl methyl sites for hydroxylation is 1. The molecule has 0 amide bonds. The van der Waals surface area contributed by atoms with E-state index in [9.17, 15) is 8.42 Å². The maximum Gasteiger partial charge on any atom is 0.208 e. The van der Waals surface area contributed by atoms with Crippen molar-refractivity contribution in [1.29, 1.82) is 0 Å². The standard InChI is InChI=1S/C10H17ClN4O2S/c1-3-4-9-14-8(11)7-10(15-9)12-5-6-13-18(2,16)17/h7,13H,3-6H2,1-2H3,(H,12,14,15). The molecule has 1 aromatic rings. The number of nitrogens with zero attached hydrogens (tertiary/aromatic N) is 2. The molecule has 0 radical (unpaired) electrons. The van der Waals surface area contributed by atoms with E-state index >= 15 is 0 Å². The highest BCUT2D eigenvalue weighted by molar-refractivity contribution is 7.88. The minimum absolute atomic E-state index is 0.295. The Bertz CT molecular complexity index is 493. The first kappa shape index (κ1) is 15.1. The summed E-state index contributed by atoms with van der Waals surface area (Å²) in [5.74, 6) is 1.29. The Balaban J connectivity index is 2.51. The van der Waals surface area contributed by atoms with Crippen molar-refractivity contribution in [3.05, 3.63) is 17.0 Å². The van der Waals surface area contributed by atoms with Crippen LogP contribution < -0.4 is 10.0 Å². The van der Waals surface area contributed by atoms with Gasteiger partial charge < -0.3 is 5.32 Å². The zero-order valence-electron chi connectivity index (χ0n) is 10.4. The van der Waals surface area contributed by atoms with Gasteiger partial charge in [-0.2, -0.15) is 0 Å². The van der Waals surface area contributed by atoms with Crippen molar-refractivity contribution in [3.63, 3.8) is 0 Å². The van der Waals surface area contributed by atoms with Gasteiger partial charge in [-0.25, -0.2) is 23.1 Å². The van der Waals surface area contributed by atoms with Gasteiger partial charge in [-0.3, -0.25) is 0 Å². The van der Waals surface area contributed by atoms with Crippen LogP contribution >= 0.6 is 11.6 Å². The minimum atomic E-state index is -3.15. The van der Waals surface area contributed by atoms with E-state index in [0.29, 0.717) is 29.9 Å². The van der Waals surface area contributed by atoms with Crippen LogP contribution in [-0.4, -0.2) is 37.7 Å². The zero-order chi connectivity index (χ0) is 13.6. The van der Waals surface area contributed by atoms with E-state index in [2.05, 4.69) is 20.0 Å². The third-order valence-corrected chi connectivity index (χ3v) is 2.93. The molecule has 0 spiro atoms. The fraction of sp³-hybridized carbons (Fsp3) is 0.600. The summed E-state index contributed by atoms with van der Waals surface area (Å²) in [7, 11) is -3.15. The van der Waals surface area contributed by atoms with Crippen molar-refractivity contribution in [3.8, 4) is 0 Å². The third-order valence-electron chi connectivity index (χ3n) is 2.01. The van der Waals surface area contributed by atoms with E-state index in [-0.39, 0.29) is 0 Å². The van der Waals surface area contributed by atoms with Crippen molar-refractivity contribution in [2.24, 2.45) is 0 Å². The van der Waals surface area contributed by atoms with Crippen molar-refractivity contribution in [1.82, 2.24) is 14.7 Å². The lowest BCUT2D eigenvalue weighted by Gasteiger charge is -2.07. The van der Waals surface area contributed by atoms with Crippen LogP contribution in [0.2, 0.25) is 5.15 Å². The van der Waals surface area contributed by atoms with E-state index < -0.39 is 10.0 Å². The second kappa shape index (κ2) is 6.86. The molecule has 0 fully saturated rings. The number of hydrogen-bond donors (Lipinski definition) is 2. The lowest BCUT2D eigenvalue weighted by atomic mass is 10.3. The first-order valence-electron chi connectivity index (χ1n) is 5.62. The Kier molecular flexibility index (Phi) is 5.77. The molecule has 102 valence electrons. The first-order chi connectivity index (χ1) is 8.40. The molecule has 0 unspecified atom stereocenters. The second-order valence-corrected chi connectivity index (χ2v) is 6.06. The normalized spacial score (nSPS) is 11.5. The summed E-state index contributed by atoms with van der Waals surface area (Å²) in [4.78, 5) is 8.37. The molecule has 0 saturated heterocycles. The zero-order valence-corrected chi connectivity index (χ0v) is 12.0. The maximum atomic E-state index is 10.9. The summed E-state index contributed by atoms with van der Waals surface area (Å²) in [6.07, 6.45) is 2.82. The summed E-state index contributed by atoms with van der Waals surface area (Å²) in [5.41, 5.74) is 0. The Morgan fingerprint density at radius 2 is 2.06 bits per heavy atom. The molecule has 1 heterocycles. The number of aromatic nitrogens is 2. The molecule has 1 rings (SSSR count). The van der Waals surface area contributed by atoms with Crippen LogP contribution in [0.3, 0.4) is 0 Å². The molecule has 0 bridgehead atoms. The molecule has 0 aromatic carbocycles. The lowest BCUT2D eigenvalue weighted by molar-refractivity contribution is 0.589. The van der Waals surface area contributed by atoms with Gasteiger partial charge in [0.05, 0.1) is 6.26 Å². The van der Waals surface area contributed by atoms with E-state index in [1.807, 2.05) is 6.92 Å². The Morgan fingerprint density at radius 1 is 1.33 bits per heavy atom. The van der Waals surface area contributed by atoms with Gasteiger partial charge in [-0.05, 0) is 6.42 Å². The quantitative estimate of drug-likeness (QED) is 0.579. The summed E-state index contributed by atoms with van der Waals surface area (Å²) in [6.45, 7) is 2.77. The number of rotatable bonds is 7. The van der Waals surface area contributed by atoms with Crippen molar-refractivity contribution < 1.29 is 8.42 Å². The van der Waals surface area contributed by atoms with Gasteiger partial charge in [-0.15, -0.1) is 0 Å². The molecule has 0 aliphatic heterocycles. The summed E-state index contributed by atoms with van der Waals surface area (Å²) in [6, 6.07) is 1.61. The molecule has 0 saturated carbocycles. The van der Waals surface area contributed by atoms with Crippen molar-refractivity contribution in [2.45, 2.75) is 19.8 Å². The molecular weight excluding hydrogens is 276 g/mol. The van der Waals surface area contributed by atoms with Crippen LogP contribution in [0.5, 0.6) is 0 Å². The summed E-state index contributed by atoms with van der Waals surface area (Å²) in [5, 5.41) is 3.38. The van der Waals surface area contributed by atoms with E-state index in [1.54, 1.807) is 6.07 Å². The van der Waals surface area contributed by atoms with E-state index in [1.165, 1.54) is 0 Å². The molecule has 0 aliphatic carbocycles. The fourth-order valence-electron chi connectivity index (χ4n) is 1.32. The van der Waals surface area contributed by atoms with Crippen molar-refractivity contribution in [2.75, 3.05) is 24.7 Å². The Hall–Kier alpha value is -0.920. The monoisotopic (exact) mass is 292 g/mol. The molecular formula is C10H17ClN4O2S. The third kappa shape index (κ3) is 6.13. The predicted molar refractivity (Wildman–Crippen MR) is 72.4 cm³/mol. The van der Waals surface area contributed by atoms with E-state index in [0.717, 1.165) is 19.1 Å². The van der Waals surface area contributed by atoms with Gasteiger partial charge in [-0.1, -0.05) is 18.5 Å². The predicted octanol–water partition coefficient (Wildman–Crippen LogP) is 1.04. The molecule has 2 N–H and O–H groups in total. The number of nitrogens with one attached hydrogen (secondary N) is 2. The number of halogens is 1. The van der Waals surface area contributed by atoms with Crippen molar-refractivity contribution >= 4 is 27.4 Å². The second-order valence-electron chi connectivity index (χ2n) is 3.84. The molecule has 18 heavy (non-hydrogen) atoms. The van der Waals surface area contributed by atoms with Gasteiger partial charge >= 0.3 is 0 Å². The Labute approximate surface area is 112 Å². The number of anilines is 1. The number of sulfonamides is 1. The van der Waals surface area contributed by atoms with Crippen LogP contribution in [0.25, 0.3) is 0 Å². The van der Waals surface area contributed by atoms with Gasteiger partial charge in [0.15, 0.2) is 0 Å².